The van der Waals surface area contributed by atoms with Crippen LogP contribution in [-0.4, -0.2) is 46.8 Å². The zero-order valence-corrected chi connectivity index (χ0v) is 27.7. The van der Waals surface area contributed by atoms with Crippen molar-refractivity contribution in [1.82, 2.24) is 10.2 Å². The van der Waals surface area contributed by atoms with E-state index < -0.39 is 17.7 Å². The number of Topliss-reactive ketones (excluding diaryl/α,β-unsaturated/α-hetero) is 1. The lowest BCUT2D eigenvalue weighted by molar-refractivity contribution is -0.132. The number of ether oxygens (including phenoxy) is 3. The van der Waals surface area contributed by atoms with Crippen molar-refractivity contribution in [2.24, 2.45) is 0 Å². The maximum Gasteiger partial charge on any atom is 0.301 e. The molecule has 0 spiro atoms. The molecule has 1 unspecified atom stereocenters. The Labute approximate surface area is 280 Å². The first-order valence-electron chi connectivity index (χ1n) is 14.6. The number of hydrogen-bond donors (Lipinski definition) is 1. The number of nitrogens with zero attached hydrogens (tertiary/aromatic N) is 3. The van der Waals surface area contributed by atoms with E-state index in [2.05, 4.69) is 16.8 Å². The third-order valence-corrected chi connectivity index (χ3v) is 9.24. The predicted octanol–water partition coefficient (Wildman–Crippen LogP) is 7.86. The first-order valence-corrected chi connectivity index (χ1v) is 16.8. The molecule has 1 saturated heterocycles. The van der Waals surface area contributed by atoms with Crippen LogP contribution in [-0.2, 0) is 15.3 Å². The smallest absolute Gasteiger partial charge is 0.301 e. The van der Waals surface area contributed by atoms with Gasteiger partial charge in [0.25, 0.3) is 5.78 Å². The van der Waals surface area contributed by atoms with Crippen LogP contribution < -0.4 is 19.1 Å². The number of halogens is 1. The Morgan fingerprint density at radius 2 is 1.78 bits per heavy atom. The number of amides is 1. The molecule has 2 heterocycles. The molecule has 1 N–H and O–H groups in total. The number of anilines is 1. The van der Waals surface area contributed by atoms with Crippen molar-refractivity contribution in [3.63, 3.8) is 0 Å². The van der Waals surface area contributed by atoms with Gasteiger partial charge in [0.2, 0.25) is 5.13 Å². The molecule has 1 fully saturated rings. The molecule has 9 nitrogen and oxygen atoms in total. The van der Waals surface area contributed by atoms with Crippen LogP contribution in [0.2, 0.25) is 5.02 Å². The van der Waals surface area contributed by atoms with Gasteiger partial charge in [0.15, 0.2) is 15.8 Å². The van der Waals surface area contributed by atoms with Gasteiger partial charge in [-0.15, -0.1) is 10.2 Å². The molecule has 1 aromatic heterocycles. The summed E-state index contributed by atoms with van der Waals surface area (Å²) in [6.45, 7) is 8.71. The summed E-state index contributed by atoms with van der Waals surface area (Å²) in [6.07, 6.45) is 2.47. The van der Waals surface area contributed by atoms with Gasteiger partial charge in [0, 0.05) is 16.3 Å². The summed E-state index contributed by atoms with van der Waals surface area (Å²) in [5.74, 6) is 0.136. The molecular formula is C34H32ClN3O6S2. The number of rotatable bonds is 14. The number of carbonyl (C=O) groups is 2. The highest BCUT2D eigenvalue weighted by Gasteiger charge is 2.48. The van der Waals surface area contributed by atoms with E-state index in [1.54, 1.807) is 48.5 Å². The number of benzene rings is 3. The van der Waals surface area contributed by atoms with Crippen LogP contribution in [0.4, 0.5) is 5.13 Å². The Hall–Kier alpha value is -4.32. The van der Waals surface area contributed by atoms with Crippen LogP contribution >= 0.6 is 34.7 Å². The molecule has 3 aromatic carbocycles. The van der Waals surface area contributed by atoms with Gasteiger partial charge >= 0.3 is 5.91 Å². The van der Waals surface area contributed by atoms with Gasteiger partial charge < -0.3 is 19.3 Å². The summed E-state index contributed by atoms with van der Waals surface area (Å²) in [6, 6.07) is 18.3. The van der Waals surface area contributed by atoms with Crippen LogP contribution in [0.3, 0.4) is 0 Å². The summed E-state index contributed by atoms with van der Waals surface area (Å²) in [4.78, 5) is 28.7. The topological polar surface area (TPSA) is 111 Å². The normalized spacial score (nSPS) is 15.6. The number of ketones is 1. The lowest BCUT2D eigenvalue weighted by Crippen LogP contribution is -2.29. The Balaban J connectivity index is 1.56. The molecule has 0 aliphatic carbocycles. The van der Waals surface area contributed by atoms with Crippen molar-refractivity contribution < 1.29 is 28.9 Å². The lowest BCUT2D eigenvalue weighted by atomic mass is 9.95. The second kappa shape index (κ2) is 15.3. The SMILES string of the molecule is C=CCOc1ccc(C2/C(=C(\O)c3ccc(OCCC)cc3)C(=O)C(=O)N2c2nnc(SCc3ccc(Cl)cc3)s2)cc1OCC. The molecular weight excluding hydrogens is 646 g/mol. The highest BCUT2D eigenvalue weighted by molar-refractivity contribution is 8.00. The quantitative estimate of drug-likeness (QED) is 0.0356. The summed E-state index contributed by atoms with van der Waals surface area (Å²) in [5.41, 5.74) is 1.84. The van der Waals surface area contributed by atoms with E-state index in [9.17, 15) is 14.7 Å². The van der Waals surface area contributed by atoms with Gasteiger partial charge in [0.05, 0.1) is 24.8 Å². The Morgan fingerprint density at radius 3 is 2.48 bits per heavy atom. The van der Waals surface area contributed by atoms with Crippen molar-refractivity contribution in [3.05, 3.63) is 107 Å². The molecule has 12 heteroatoms. The predicted molar refractivity (Wildman–Crippen MR) is 181 cm³/mol. The van der Waals surface area contributed by atoms with E-state index in [0.29, 0.717) is 56.7 Å². The fraction of sp³-hybridized carbons (Fsp3) is 0.235. The maximum atomic E-state index is 13.7. The second-order valence-electron chi connectivity index (χ2n) is 10.0. The molecule has 1 atom stereocenters. The standard InChI is InChI=1S/C34H32ClN3O6S2/c1-4-17-43-25-14-9-22(10-15-25)30(39)28-29(23-11-16-26(44-18-5-2)27(19-23)42-6-3)38(32(41)31(28)40)33-36-37-34(46-33)45-20-21-7-12-24(35)13-8-21/h5,7-16,19,29,39H,2,4,6,17-18,20H2,1,3H3/b30-28+. The summed E-state index contributed by atoms with van der Waals surface area (Å²) in [5, 5.41) is 21.0. The van der Waals surface area contributed by atoms with Gasteiger partial charge in [-0.1, -0.05) is 72.5 Å². The molecule has 5 rings (SSSR count). The van der Waals surface area contributed by atoms with E-state index in [1.165, 1.54) is 28.0 Å². The minimum Gasteiger partial charge on any atom is -0.507 e. The molecule has 238 valence electrons. The van der Waals surface area contributed by atoms with Crippen molar-refractivity contribution in [3.8, 4) is 17.2 Å². The van der Waals surface area contributed by atoms with Crippen LogP contribution in [0.25, 0.3) is 5.76 Å². The number of aliphatic hydroxyl groups is 1. The Morgan fingerprint density at radius 1 is 1.02 bits per heavy atom. The third-order valence-electron chi connectivity index (χ3n) is 6.86. The Kier molecular flexibility index (Phi) is 11.0. The van der Waals surface area contributed by atoms with E-state index >= 15 is 0 Å². The monoisotopic (exact) mass is 677 g/mol. The fourth-order valence-corrected chi connectivity index (χ4v) is 6.69. The van der Waals surface area contributed by atoms with Crippen molar-refractivity contribution in [1.29, 1.82) is 0 Å². The maximum absolute atomic E-state index is 13.7. The third kappa shape index (κ3) is 7.38. The molecule has 0 bridgehead atoms. The second-order valence-corrected chi connectivity index (χ2v) is 12.7. The molecule has 4 aromatic rings. The molecule has 0 radical (unpaired) electrons. The Bertz CT molecular complexity index is 1740. The average molecular weight is 678 g/mol. The highest BCUT2D eigenvalue weighted by Crippen LogP contribution is 2.45. The van der Waals surface area contributed by atoms with E-state index in [4.69, 9.17) is 25.8 Å². The average Bonchev–Trinajstić information content (AvgIpc) is 3.64. The fourth-order valence-electron chi connectivity index (χ4n) is 4.74. The van der Waals surface area contributed by atoms with E-state index in [-0.39, 0.29) is 23.1 Å². The van der Waals surface area contributed by atoms with Crippen LogP contribution in [0.15, 0.2) is 89.3 Å². The number of hydrogen-bond acceptors (Lipinski definition) is 10. The first kappa shape index (κ1) is 33.1. The molecule has 0 saturated carbocycles. The van der Waals surface area contributed by atoms with Crippen molar-refractivity contribution >= 4 is 57.3 Å². The van der Waals surface area contributed by atoms with Gasteiger partial charge in [-0.3, -0.25) is 14.5 Å². The van der Waals surface area contributed by atoms with Gasteiger partial charge in [-0.2, -0.15) is 0 Å². The number of carbonyl (C=O) groups excluding carboxylic acids is 2. The van der Waals surface area contributed by atoms with Crippen LogP contribution in [0.5, 0.6) is 17.2 Å². The van der Waals surface area contributed by atoms with Crippen molar-refractivity contribution in [2.45, 2.75) is 36.4 Å². The first-order chi connectivity index (χ1) is 22.3. The summed E-state index contributed by atoms with van der Waals surface area (Å²) >= 11 is 8.65. The number of aliphatic hydroxyl groups excluding tert-OH is 1. The molecule has 1 aliphatic heterocycles. The van der Waals surface area contributed by atoms with Crippen LogP contribution in [0, 0.1) is 0 Å². The minimum absolute atomic E-state index is 0.0833. The molecule has 1 aliphatic rings. The largest absolute Gasteiger partial charge is 0.507 e. The summed E-state index contributed by atoms with van der Waals surface area (Å²) < 4.78 is 17.9. The van der Waals surface area contributed by atoms with E-state index in [1.807, 2.05) is 38.1 Å². The number of aromatic nitrogens is 2. The van der Waals surface area contributed by atoms with Gasteiger partial charge in [0.1, 0.15) is 18.1 Å². The number of thioether (sulfide) groups is 1. The van der Waals surface area contributed by atoms with E-state index in [0.717, 1.165) is 12.0 Å². The van der Waals surface area contributed by atoms with Crippen molar-refractivity contribution in [2.75, 3.05) is 24.7 Å². The van der Waals surface area contributed by atoms with Crippen LogP contribution in [0.1, 0.15) is 43.0 Å². The molecule has 46 heavy (non-hydrogen) atoms. The highest BCUT2D eigenvalue weighted by atomic mass is 35.5. The minimum atomic E-state index is -1.02. The van der Waals surface area contributed by atoms with Gasteiger partial charge in [-0.25, -0.2) is 0 Å². The zero-order valence-electron chi connectivity index (χ0n) is 25.3. The lowest BCUT2D eigenvalue weighted by Gasteiger charge is -2.23. The van der Waals surface area contributed by atoms with Gasteiger partial charge in [-0.05, 0) is 73.0 Å². The zero-order chi connectivity index (χ0) is 32.6. The summed E-state index contributed by atoms with van der Waals surface area (Å²) in [7, 11) is 0. The molecule has 1 amide bonds.